The first-order chi connectivity index (χ1) is 8.58. The molecule has 2 heterocycles. The maximum Gasteiger partial charge on any atom is 0.308 e. The van der Waals surface area contributed by atoms with Crippen LogP contribution in [0, 0.1) is 5.92 Å². The molecule has 7 nitrogen and oxygen atoms in total. The van der Waals surface area contributed by atoms with Gasteiger partial charge in [-0.25, -0.2) is 4.98 Å². The molecule has 0 saturated carbocycles. The first-order valence-corrected chi connectivity index (χ1v) is 5.65. The number of hydrogen-bond donors (Lipinski definition) is 2. The summed E-state index contributed by atoms with van der Waals surface area (Å²) in [6.45, 7) is 0.707. The lowest BCUT2D eigenvalue weighted by Gasteiger charge is -2.30. The van der Waals surface area contributed by atoms with Gasteiger partial charge in [-0.2, -0.15) is 0 Å². The molecule has 0 unspecified atom stereocenters. The van der Waals surface area contributed by atoms with E-state index < -0.39 is 11.9 Å². The van der Waals surface area contributed by atoms with E-state index in [-0.39, 0.29) is 23.7 Å². The maximum absolute atomic E-state index is 12.0. The van der Waals surface area contributed by atoms with Gasteiger partial charge in [0.1, 0.15) is 5.69 Å². The summed E-state index contributed by atoms with van der Waals surface area (Å²) in [5.74, 6) is -1.76. The molecule has 1 aliphatic rings. The normalized spacial score (nSPS) is 19.6. The number of nitrogens with zero attached hydrogens (tertiary/aromatic N) is 2. The number of nitrogens with one attached hydrogen (secondary N) is 1. The third kappa shape index (κ3) is 2.55. The van der Waals surface area contributed by atoms with Crippen molar-refractivity contribution < 1.29 is 14.7 Å². The largest absolute Gasteiger partial charge is 0.481 e. The fraction of sp³-hybridized carbons (Fsp3) is 0.455. The number of hydrogen-bond acceptors (Lipinski definition) is 4. The van der Waals surface area contributed by atoms with E-state index in [2.05, 4.69) is 9.97 Å². The van der Waals surface area contributed by atoms with Gasteiger partial charge in [-0.15, -0.1) is 0 Å². The third-order valence-electron chi connectivity index (χ3n) is 2.95. The van der Waals surface area contributed by atoms with E-state index in [1.165, 1.54) is 11.1 Å². The lowest BCUT2D eigenvalue weighted by Crippen LogP contribution is -2.42. The molecule has 0 aliphatic carbocycles. The number of likely N-dealkylation sites (tertiary alicyclic amines) is 1. The summed E-state index contributed by atoms with van der Waals surface area (Å²) in [6, 6.07) is 0. The minimum atomic E-state index is -0.887. The number of aromatic nitrogens is 2. The molecule has 0 spiro atoms. The van der Waals surface area contributed by atoms with Crippen molar-refractivity contribution in [3.63, 3.8) is 0 Å². The standard InChI is InChI=1S/C11H13N3O4/c15-9-5-12-8(4-13-9)10(16)14-3-1-2-7(6-14)11(17)18/h4-5,7H,1-3,6H2,(H,13,15)(H,17,18)/t7-/m0/s1. The maximum atomic E-state index is 12.0. The van der Waals surface area contributed by atoms with Crippen molar-refractivity contribution in [2.45, 2.75) is 12.8 Å². The average Bonchev–Trinajstić information content (AvgIpc) is 2.39. The SMILES string of the molecule is O=C(O)[C@H]1CCCN(C(=O)c2c[nH]c(=O)cn2)C1. The smallest absolute Gasteiger partial charge is 0.308 e. The lowest BCUT2D eigenvalue weighted by molar-refractivity contribution is -0.143. The van der Waals surface area contributed by atoms with Crippen LogP contribution in [0.1, 0.15) is 23.3 Å². The topological polar surface area (TPSA) is 103 Å². The highest BCUT2D eigenvalue weighted by Crippen LogP contribution is 2.17. The summed E-state index contributed by atoms with van der Waals surface area (Å²) in [6.07, 6.45) is 3.52. The zero-order valence-corrected chi connectivity index (χ0v) is 9.63. The Morgan fingerprint density at radius 3 is 2.89 bits per heavy atom. The van der Waals surface area contributed by atoms with Crippen molar-refractivity contribution in [1.29, 1.82) is 0 Å². The van der Waals surface area contributed by atoms with Crippen molar-refractivity contribution in [1.82, 2.24) is 14.9 Å². The third-order valence-corrected chi connectivity index (χ3v) is 2.95. The van der Waals surface area contributed by atoms with Crippen molar-refractivity contribution in [3.8, 4) is 0 Å². The van der Waals surface area contributed by atoms with Crippen LogP contribution in [0.5, 0.6) is 0 Å². The fourth-order valence-corrected chi connectivity index (χ4v) is 1.98. The number of piperidine rings is 1. The first-order valence-electron chi connectivity index (χ1n) is 5.65. The molecule has 1 fully saturated rings. The van der Waals surface area contributed by atoms with Crippen LogP contribution in [0.15, 0.2) is 17.2 Å². The van der Waals surface area contributed by atoms with Crippen molar-refractivity contribution >= 4 is 11.9 Å². The van der Waals surface area contributed by atoms with Gasteiger partial charge < -0.3 is 15.0 Å². The molecule has 0 bridgehead atoms. The molecule has 1 aromatic rings. The Morgan fingerprint density at radius 1 is 1.50 bits per heavy atom. The Labute approximate surface area is 102 Å². The zero-order valence-electron chi connectivity index (χ0n) is 9.63. The number of carboxylic acids is 1. The summed E-state index contributed by atoms with van der Waals surface area (Å²) < 4.78 is 0. The Kier molecular flexibility index (Phi) is 3.40. The van der Waals surface area contributed by atoms with Crippen LogP contribution in [0.4, 0.5) is 0 Å². The van der Waals surface area contributed by atoms with E-state index in [1.807, 2.05) is 0 Å². The zero-order chi connectivity index (χ0) is 13.1. The number of amides is 1. The van der Waals surface area contributed by atoms with Gasteiger partial charge in [-0.3, -0.25) is 14.4 Å². The van der Waals surface area contributed by atoms with E-state index in [0.29, 0.717) is 19.4 Å². The van der Waals surface area contributed by atoms with Gasteiger partial charge in [0.05, 0.1) is 12.1 Å². The van der Waals surface area contributed by atoms with Gasteiger partial charge in [-0.05, 0) is 12.8 Å². The number of carbonyl (C=O) groups excluding carboxylic acids is 1. The molecule has 2 rings (SSSR count). The fourth-order valence-electron chi connectivity index (χ4n) is 1.98. The van der Waals surface area contributed by atoms with E-state index >= 15 is 0 Å². The number of aromatic amines is 1. The van der Waals surface area contributed by atoms with Crippen LogP contribution in [0.25, 0.3) is 0 Å². The summed E-state index contributed by atoms with van der Waals surface area (Å²) in [5.41, 5.74) is -0.255. The Hall–Kier alpha value is -2.18. The number of carboxylic acid groups (broad SMARTS) is 1. The molecule has 0 radical (unpaired) electrons. The van der Waals surface area contributed by atoms with Crippen LogP contribution < -0.4 is 5.56 Å². The van der Waals surface area contributed by atoms with E-state index in [1.54, 1.807) is 0 Å². The second-order valence-electron chi connectivity index (χ2n) is 4.22. The minimum absolute atomic E-state index is 0.126. The van der Waals surface area contributed by atoms with Gasteiger partial charge in [0.25, 0.3) is 11.5 Å². The van der Waals surface area contributed by atoms with Crippen molar-refractivity contribution in [2.24, 2.45) is 5.92 Å². The number of rotatable bonds is 2. The summed E-state index contributed by atoms with van der Waals surface area (Å²) in [7, 11) is 0. The lowest BCUT2D eigenvalue weighted by atomic mass is 9.98. The molecule has 1 amide bonds. The predicted molar refractivity (Wildman–Crippen MR) is 61.1 cm³/mol. The highest BCUT2D eigenvalue weighted by molar-refractivity contribution is 5.92. The quantitative estimate of drug-likeness (QED) is 0.751. The van der Waals surface area contributed by atoms with Crippen LogP contribution in [0.3, 0.4) is 0 Å². The Morgan fingerprint density at radius 2 is 2.28 bits per heavy atom. The Balaban J connectivity index is 2.11. The molecular weight excluding hydrogens is 238 g/mol. The second-order valence-corrected chi connectivity index (χ2v) is 4.22. The Bertz CT molecular complexity index is 505. The molecule has 2 N–H and O–H groups in total. The van der Waals surface area contributed by atoms with E-state index in [4.69, 9.17) is 5.11 Å². The second kappa shape index (κ2) is 4.99. The monoisotopic (exact) mass is 251 g/mol. The van der Waals surface area contributed by atoms with Gasteiger partial charge in [-0.1, -0.05) is 0 Å². The van der Waals surface area contributed by atoms with Gasteiger partial charge in [0.2, 0.25) is 0 Å². The van der Waals surface area contributed by atoms with E-state index in [9.17, 15) is 14.4 Å². The molecule has 7 heteroatoms. The van der Waals surface area contributed by atoms with Gasteiger partial charge in [0.15, 0.2) is 0 Å². The van der Waals surface area contributed by atoms with Gasteiger partial charge >= 0.3 is 5.97 Å². The van der Waals surface area contributed by atoms with Crippen LogP contribution >= 0.6 is 0 Å². The minimum Gasteiger partial charge on any atom is -0.481 e. The number of H-pyrrole nitrogens is 1. The molecule has 1 saturated heterocycles. The summed E-state index contributed by atoms with van der Waals surface area (Å²) in [4.78, 5) is 41.3. The summed E-state index contributed by atoms with van der Waals surface area (Å²) in [5, 5.41) is 8.94. The first kappa shape index (κ1) is 12.3. The van der Waals surface area contributed by atoms with Crippen LogP contribution in [-0.4, -0.2) is 44.9 Å². The van der Waals surface area contributed by atoms with E-state index in [0.717, 1.165) is 6.20 Å². The van der Waals surface area contributed by atoms with Crippen LogP contribution in [0.2, 0.25) is 0 Å². The number of carbonyl (C=O) groups is 2. The molecular formula is C11H13N3O4. The molecule has 1 atom stereocenters. The van der Waals surface area contributed by atoms with Gasteiger partial charge in [0, 0.05) is 19.3 Å². The highest BCUT2D eigenvalue weighted by atomic mass is 16.4. The molecule has 0 aromatic carbocycles. The van der Waals surface area contributed by atoms with Crippen molar-refractivity contribution in [2.75, 3.05) is 13.1 Å². The van der Waals surface area contributed by atoms with Crippen LogP contribution in [-0.2, 0) is 4.79 Å². The molecule has 18 heavy (non-hydrogen) atoms. The molecule has 1 aliphatic heterocycles. The van der Waals surface area contributed by atoms with Crippen molar-refractivity contribution in [3.05, 3.63) is 28.4 Å². The average molecular weight is 251 g/mol. The molecule has 96 valence electrons. The predicted octanol–water partition coefficient (Wildman–Crippen LogP) is -0.293. The highest BCUT2D eigenvalue weighted by Gasteiger charge is 2.29. The number of aliphatic carboxylic acids is 1. The summed E-state index contributed by atoms with van der Waals surface area (Å²) >= 11 is 0. The molecule has 1 aromatic heterocycles.